The molecule has 1 aromatic carbocycles. The first-order chi connectivity index (χ1) is 9.13. The zero-order valence-corrected chi connectivity index (χ0v) is 11.8. The maximum absolute atomic E-state index is 12.2. The molecule has 0 aliphatic rings. The molecule has 1 N–H and O–H groups in total. The van der Waals surface area contributed by atoms with E-state index in [4.69, 9.17) is 0 Å². The van der Waals surface area contributed by atoms with Crippen LogP contribution >= 0.6 is 0 Å². The summed E-state index contributed by atoms with van der Waals surface area (Å²) in [6.45, 7) is 4.68. The summed E-state index contributed by atoms with van der Waals surface area (Å²) in [7, 11) is 1.96. The van der Waals surface area contributed by atoms with E-state index in [0.29, 0.717) is 11.7 Å². The van der Waals surface area contributed by atoms with Gasteiger partial charge in [-0.05, 0) is 45.9 Å². The first-order valence-electron chi connectivity index (χ1n) is 6.77. The van der Waals surface area contributed by atoms with Gasteiger partial charge in [-0.1, -0.05) is 12.1 Å². The SMILES string of the molecule is CNC(C)CCCn1c(=O)c(C)nc2ccccc21. The number of aryl methyl sites for hydroxylation is 2. The van der Waals surface area contributed by atoms with Crippen LogP contribution < -0.4 is 10.9 Å². The summed E-state index contributed by atoms with van der Waals surface area (Å²) in [6.07, 6.45) is 2.04. The summed E-state index contributed by atoms with van der Waals surface area (Å²) in [5.41, 5.74) is 2.41. The highest BCUT2D eigenvalue weighted by Crippen LogP contribution is 2.11. The van der Waals surface area contributed by atoms with Crippen LogP contribution in [0.1, 0.15) is 25.5 Å². The van der Waals surface area contributed by atoms with Crippen molar-refractivity contribution in [3.8, 4) is 0 Å². The Morgan fingerprint density at radius 1 is 1.37 bits per heavy atom. The van der Waals surface area contributed by atoms with Gasteiger partial charge in [-0.3, -0.25) is 4.79 Å². The van der Waals surface area contributed by atoms with Crippen molar-refractivity contribution >= 4 is 11.0 Å². The van der Waals surface area contributed by atoms with Gasteiger partial charge in [0.25, 0.3) is 5.56 Å². The quantitative estimate of drug-likeness (QED) is 0.894. The molecule has 0 saturated carbocycles. The molecule has 0 saturated heterocycles. The van der Waals surface area contributed by atoms with E-state index in [1.165, 1.54) is 0 Å². The van der Waals surface area contributed by atoms with Crippen molar-refractivity contribution < 1.29 is 0 Å². The average molecular weight is 259 g/mol. The fourth-order valence-electron chi connectivity index (χ4n) is 2.24. The fourth-order valence-corrected chi connectivity index (χ4v) is 2.24. The van der Waals surface area contributed by atoms with E-state index in [1.54, 1.807) is 6.92 Å². The van der Waals surface area contributed by atoms with Crippen molar-refractivity contribution in [2.45, 2.75) is 39.3 Å². The summed E-state index contributed by atoms with van der Waals surface area (Å²) >= 11 is 0. The van der Waals surface area contributed by atoms with E-state index in [2.05, 4.69) is 17.2 Å². The maximum atomic E-state index is 12.2. The molecule has 19 heavy (non-hydrogen) atoms. The van der Waals surface area contributed by atoms with E-state index in [1.807, 2.05) is 35.9 Å². The van der Waals surface area contributed by atoms with Gasteiger partial charge in [-0.2, -0.15) is 0 Å². The van der Waals surface area contributed by atoms with Gasteiger partial charge in [0.1, 0.15) is 5.69 Å². The molecule has 2 rings (SSSR count). The van der Waals surface area contributed by atoms with E-state index < -0.39 is 0 Å². The smallest absolute Gasteiger partial charge is 0.272 e. The number of rotatable bonds is 5. The Balaban J connectivity index is 2.30. The minimum atomic E-state index is 0.0239. The van der Waals surface area contributed by atoms with Crippen molar-refractivity contribution in [1.29, 1.82) is 0 Å². The maximum Gasteiger partial charge on any atom is 0.272 e. The van der Waals surface area contributed by atoms with Crippen LogP contribution in [-0.2, 0) is 6.54 Å². The Hall–Kier alpha value is -1.68. The molecule has 0 amide bonds. The number of nitrogens with zero attached hydrogens (tertiary/aromatic N) is 2. The van der Waals surface area contributed by atoms with Crippen molar-refractivity contribution in [3.63, 3.8) is 0 Å². The number of para-hydroxylation sites is 2. The molecule has 0 aliphatic heterocycles. The summed E-state index contributed by atoms with van der Waals surface area (Å²) < 4.78 is 1.85. The third-order valence-corrected chi connectivity index (χ3v) is 3.53. The topological polar surface area (TPSA) is 46.9 Å². The van der Waals surface area contributed by atoms with Gasteiger partial charge >= 0.3 is 0 Å². The minimum absolute atomic E-state index is 0.0239. The molecule has 0 fully saturated rings. The zero-order chi connectivity index (χ0) is 13.8. The molecule has 4 heteroatoms. The Morgan fingerprint density at radius 2 is 2.11 bits per heavy atom. The highest BCUT2D eigenvalue weighted by atomic mass is 16.1. The molecule has 0 aliphatic carbocycles. The van der Waals surface area contributed by atoms with Gasteiger partial charge in [0.15, 0.2) is 0 Å². The number of hydrogen-bond acceptors (Lipinski definition) is 3. The third-order valence-electron chi connectivity index (χ3n) is 3.53. The monoisotopic (exact) mass is 259 g/mol. The van der Waals surface area contributed by atoms with E-state index in [0.717, 1.165) is 30.4 Å². The Kier molecular flexibility index (Phi) is 4.32. The van der Waals surface area contributed by atoms with Crippen molar-refractivity contribution in [2.24, 2.45) is 0 Å². The molecule has 0 bridgehead atoms. The van der Waals surface area contributed by atoms with Gasteiger partial charge in [0, 0.05) is 12.6 Å². The molecule has 1 aromatic heterocycles. The minimum Gasteiger partial charge on any atom is -0.317 e. The number of benzene rings is 1. The standard InChI is InChI=1S/C15H21N3O/c1-11(16-3)7-6-10-18-14-9-5-4-8-13(14)17-12(2)15(18)19/h4-5,8-9,11,16H,6-7,10H2,1-3H3. The summed E-state index contributed by atoms with van der Waals surface area (Å²) in [6, 6.07) is 8.29. The molecular formula is C15H21N3O. The molecule has 1 atom stereocenters. The molecular weight excluding hydrogens is 238 g/mol. The van der Waals surface area contributed by atoms with Crippen LogP contribution in [0, 0.1) is 6.92 Å². The van der Waals surface area contributed by atoms with Crippen LogP contribution in [0.3, 0.4) is 0 Å². The van der Waals surface area contributed by atoms with Gasteiger partial charge in [0.2, 0.25) is 0 Å². The second-order valence-corrected chi connectivity index (χ2v) is 4.97. The largest absolute Gasteiger partial charge is 0.317 e. The normalized spacial score (nSPS) is 12.8. The lowest BCUT2D eigenvalue weighted by Crippen LogP contribution is -2.26. The van der Waals surface area contributed by atoms with Crippen molar-refractivity contribution in [3.05, 3.63) is 40.3 Å². The average Bonchev–Trinajstić information content (AvgIpc) is 2.42. The van der Waals surface area contributed by atoms with Crippen LogP contribution in [0.4, 0.5) is 0 Å². The van der Waals surface area contributed by atoms with Crippen LogP contribution in [0.15, 0.2) is 29.1 Å². The van der Waals surface area contributed by atoms with Crippen LogP contribution in [0.2, 0.25) is 0 Å². The predicted molar refractivity (Wildman–Crippen MR) is 78.5 cm³/mol. The van der Waals surface area contributed by atoms with Gasteiger partial charge < -0.3 is 9.88 Å². The molecule has 1 heterocycles. The summed E-state index contributed by atoms with van der Waals surface area (Å²) in [5.74, 6) is 0. The Labute approximate surface area is 113 Å². The Bertz CT molecular complexity index is 618. The first kappa shape index (κ1) is 13.7. The van der Waals surface area contributed by atoms with Crippen LogP contribution in [-0.4, -0.2) is 22.6 Å². The number of hydrogen-bond donors (Lipinski definition) is 1. The van der Waals surface area contributed by atoms with Crippen molar-refractivity contribution in [2.75, 3.05) is 7.05 Å². The number of nitrogens with one attached hydrogen (secondary N) is 1. The predicted octanol–water partition coefficient (Wildman–Crippen LogP) is 2.09. The highest BCUT2D eigenvalue weighted by molar-refractivity contribution is 5.74. The van der Waals surface area contributed by atoms with Crippen molar-refractivity contribution in [1.82, 2.24) is 14.9 Å². The van der Waals surface area contributed by atoms with Crippen LogP contribution in [0.25, 0.3) is 11.0 Å². The lowest BCUT2D eigenvalue weighted by atomic mass is 10.2. The molecule has 0 spiro atoms. The lowest BCUT2D eigenvalue weighted by molar-refractivity contribution is 0.506. The highest BCUT2D eigenvalue weighted by Gasteiger charge is 2.07. The second-order valence-electron chi connectivity index (χ2n) is 4.97. The summed E-state index contributed by atoms with van der Waals surface area (Å²) in [5, 5.41) is 3.21. The van der Waals surface area contributed by atoms with Gasteiger partial charge in [-0.25, -0.2) is 4.98 Å². The van der Waals surface area contributed by atoms with Gasteiger partial charge in [0.05, 0.1) is 11.0 Å². The summed E-state index contributed by atoms with van der Waals surface area (Å²) in [4.78, 5) is 16.6. The molecule has 2 aromatic rings. The lowest BCUT2D eigenvalue weighted by Gasteiger charge is -2.13. The molecule has 102 valence electrons. The molecule has 4 nitrogen and oxygen atoms in total. The van der Waals surface area contributed by atoms with Gasteiger partial charge in [-0.15, -0.1) is 0 Å². The van der Waals surface area contributed by atoms with E-state index in [9.17, 15) is 4.79 Å². The molecule has 1 unspecified atom stereocenters. The third kappa shape index (κ3) is 3.01. The first-order valence-corrected chi connectivity index (χ1v) is 6.77. The molecule has 0 radical (unpaired) electrons. The second kappa shape index (κ2) is 5.97. The van der Waals surface area contributed by atoms with Crippen LogP contribution in [0.5, 0.6) is 0 Å². The zero-order valence-electron chi connectivity index (χ0n) is 11.8. The van der Waals surface area contributed by atoms with E-state index >= 15 is 0 Å². The van der Waals surface area contributed by atoms with E-state index in [-0.39, 0.29) is 5.56 Å². The Morgan fingerprint density at radius 3 is 2.84 bits per heavy atom. The number of fused-ring (bicyclic) bond motifs is 1. The fraction of sp³-hybridized carbons (Fsp3) is 0.467. The number of aromatic nitrogens is 2.